The second kappa shape index (κ2) is 3.08. The molecule has 0 aliphatic heterocycles. The first kappa shape index (κ1) is 7.96. The van der Waals surface area contributed by atoms with Crippen molar-refractivity contribution in [1.29, 1.82) is 0 Å². The number of nitrogens with one attached hydrogen (secondary N) is 1. The van der Waals surface area contributed by atoms with Crippen molar-refractivity contribution in [2.24, 2.45) is 5.41 Å². The Morgan fingerprint density at radius 2 is 1.88 bits per heavy atom. The predicted molar refractivity (Wildman–Crippen MR) is 36.7 cm³/mol. The van der Waals surface area contributed by atoms with Crippen LogP contribution in [-0.4, -0.2) is 6.54 Å². The fourth-order valence-electron chi connectivity index (χ4n) is 0.515. The minimum absolute atomic E-state index is 0.405. The second-order valence-corrected chi connectivity index (χ2v) is 3.02. The van der Waals surface area contributed by atoms with Crippen molar-refractivity contribution in [2.75, 3.05) is 6.54 Å². The summed E-state index contributed by atoms with van der Waals surface area (Å²) in [6.07, 6.45) is 2.22. The Morgan fingerprint density at radius 1 is 1.38 bits per heavy atom. The van der Waals surface area contributed by atoms with Crippen LogP contribution in [0.1, 0.15) is 33.6 Å². The van der Waals surface area contributed by atoms with Crippen molar-refractivity contribution in [1.82, 2.24) is 5.73 Å². The van der Waals surface area contributed by atoms with Crippen LogP contribution in [0, 0.1) is 5.41 Å². The molecule has 0 heterocycles. The van der Waals surface area contributed by atoms with Gasteiger partial charge in [0.2, 0.25) is 0 Å². The molecular weight excluding hydrogens is 98.1 g/mol. The van der Waals surface area contributed by atoms with E-state index < -0.39 is 0 Å². The highest BCUT2D eigenvalue weighted by atomic mass is 14.5. The molecule has 0 aromatic heterocycles. The first-order valence-electron chi connectivity index (χ1n) is 3.27. The van der Waals surface area contributed by atoms with Gasteiger partial charge in [0.05, 0.1) is 0 Å². The second-order valence-electron chi connectivity index (χ2n) is 3.02. The third-order valence-corrected chi connectivity index (χ3v) is 1.76. The highest BCUT2D eigenvalue weighted by Crippen LogP contribution is 2.22. The molecule has 49 valence electrons. The van der Waals surface area contributed by atoms with Crippen LogP contribution in [0.5, 0.6) is 0 Å². The van der Waals surface area contributed by atoms with Crippen LogP contribution >= 0.6 is 0 Å². The average molecular weight is 114 g/mol. The Morgan fingerprint density at radius 3 is 2.00 bits per heavy atom. The topological polar surface area (TPSA) is 23.8 Å². The summed E-state index contributed by atoms with van der Waals surface area (Å²) in [7, 11) is 0. The lowest BCUT2D eigenvalue weighted by Gasteiger charge is -2.20. The summed E-state index contributed by atoms with van der Waals surface area (Å²) in [5.41, 5.74) is 7.37. The Kier molecular flexibility index (Phi) is 3.06. The van der Waals surface area contributed by atoms with E-state index in [4.69, 9.17) is 5.73 Å². The van der Waals surface area contributed by atoms with Gasteiger partial charge in [-0.1, -0.05) is 27.2 Å². The van der Waals surface area contributed by atoms with Gasteiger partial charge in [-0.3, -0.25) is 5.73 Å². The molecule has 1 N–H and O–H groups in total. The number of hydrogen-bond donors (Lipinski definition) is 0. The number of hydrogen-bond acceptors (Lipinski definition) is 0. The van der Waals surface area contributed by atoms with Gasteiger partial charge >= 0.3 is 0 Å². The van der Waals surface area contributed by atoms with Gasteiger partial charge in [-0.25, -0.2) is 0 Å². The van der Waals surface area contributed by atoms with E-state index in [9.17, 15) is 0 Å². The molecule has 0 aromatic rings. The van der Waals surface area contributed by atoms with Crippen molar-refractivity contribution in [2.45, 2.75) is 33.6 Å². The molecule has 1 nitrogen and oxygen atoms in total. The smallest absolute Gasteiger partial charge is 0.0105 e. The lowest BCUT2D eigenvalue weighted by molar-refractivity contribution is 0.326. The minimum Gasteiger partial charge on any atom is -0.258 e. The van der Waals surface area contributed by atoms with E-state index in [-0.39, 0.29) is 0 Å². The lowest BCUT2D eigenvalue weighted by Crippen LogP contribution is -2.11. The lowest BCUT2D eigenvalue weighted by atomic mass is 9.87. The number of rotatable bonds is 3. The van der Waals surface area contributed by atoms with Crippen LogP contribution in [-0.2, 0) is 0 Å². The van der Waals surface area contributed by atoms with E-state index in [1.54, 1.807) is 0 Å². The van der Waals surface area contributed by atoms with Crippen molar-refractivity contribution >= 4 is 0 Å². The van der Waals surface area contributed by atoms with Gasteiger partial charge in [-0.15, -0.1) is 0 Å². The van der Waals surface area contributed by atoms with Crippen LogP contribution < -0.4 is 5.73 Å². The molecule has 0 unspecified atom stereocenters. The summed E-state index contributed by atoms with van der Waals surface area (Å²) in [5.74, 6) is 0. The quantitative estimate of drug-likeness (QED) is 0.536. The normalized spacial score (nSPS) is 12.0. The molecule has 0 aromatic carbocycles. The molecule has 0 amide bonds. The highest BCUT2D eigenvalue weighted by molar-refractivity contribution is 4.65. The summed E-state index contributed by atoms with van der Waals surface area (Å²) in [5, 5.41) is 0. The SMILES string of the molecule is CCC(C)(C)CC[NH]. The molecule has 1 radical (unpaired) electrons. The molecular formula is C7H16N. The van der Waals surface area contributed by atoms with Gasteiger partial charge in [-0.05, 0) is 11.8 Å². The van der Waals surface area contributed by atoms with Crippen LogP contribution in [0.2, 0.25) is 0 Å². The first-order valence-corrected chi connectivity index (χ1v) is 3.27. The molecule has 0 rings (SSSR count). The molecule has 8 heavy (non-hydrogen) atoms. The zero-order chi connectivity index (χ0) is 6.62. The zero-order valence-electron chi connectivity index (χ0n) is 6.12. The van der Waals surface area contributed by atoms with Crippen LogP contribution in [0.3, 0.4) is 0 Å². The van der Waals surface area contributed by atoms with E-state index in [0.29, 0.717) is 12.0 Å². The highest BCUT2D eigenvalue weighted by Gasteiger charge is 2.12. The predicted octanol–water partition coefficient (Wildman–Crippen LogP) is 2.10. The van der Waals surface area contributed by atoms with E-state index >= 15 is 0 Å². The Hall–Kier alpha value is -0.0400. The third kappa shape index (κ3) is 3.03. The van der Waals surface area contributed by atoms with Gasteiger partial charge in [0.25, 0.3) is 0 Å². The standard InChI is InChI=1S/C7H16N/c1-4-7(2,3)5-6-8/h8H,4-6H2,1-3H3. The maximum absolute atomic E-state index is 6.96. The van der Waals surface area contributed by atoms with Gasteiger partial charge in [0, 0.05) is 6.54 Å². The Balaban J connectivity index is 3.37. The molecule has 0 spiro atoms. The van der Waals surface area contributed by atoms with Gasteiger partial charge in [-0.2, -0.15) is 0 Å². The van der Waals surface area contributed by atoms with Crippen LogP contribution in [0.15, 0.2) is 0 Å². The molecule has 0 bridgehead atoms. The first-order chi connectivity index (χ1) is 3.62. The van der Waals surface area contributed by atoms with E-state index in [1.165, 1.54) is 6.42 Å². The third-order valence-electron chi connectivity index (χ3n) is 1.76. The maximum Gasteiger partial charge on any atom is 0.0105 e. The molecule has 0 fully saturated rings. The molecule has 0 aliphatic rings. The van der Waals surface area contributed by atoms with Gasteiger partial charge in [0.1, 0.15) is 0 Å². The monoisotopic (exact) mass is 114 g/mol. The van der Waals surface area contributed by atoms with Crippen LogP contribution in [0.4, 0.5) is 0 Å². The molecule has 1 heteroatoms. The summed E-state index contributed by atoms with van der Waals surface area (Å²) in [6.45, 7) is 7.17. The maximum atomic E-state index is 6.96. The molecule has 0 atom stereocenters. The van der Waals surface area contributed by atoms with Crippen molar-refractivity contribution in [3.8, 4) is 0 Å². The molecule has 0 saturated carbocycles. The summed E-state index contributed by atoms with van der Waals surface area (Å²) < 4.78 is 0. The fraction of sp³-hybridized carbons (Fsp3) is 1.00. The van der Waals surface area contributed by atoms with E-state index in [2.05, 4.69) is 20.8 Å². The average Bonchev–Trinajstić information content (AvgIpc) is 1.67. The summed E-state index contributed by atoms with van der Waals surface area (Å²) in [4.78, 5) is 0. The zero-order valence-corrected chi connectivity index (χ0v) is 6.12. The summed E-state index contributed by atoms with van der Waals surface area (Å²) in [6, 6.07) is 0. The molecule has 0 aliphatic carbocycles. The largest absolute Gasteiger partial charge is 0.258 e. The van der Waals surface area contributed by atoms with Crippen LogP contribution in [0.25, 0.3) is 0 Å². The van der Waals surface area contributed by atoms with Gasteiger partial charge < -0.3 is 0 Å². The van der Waals surface area contributed by atoms with Crippen molar-refractivity contribution in [3.05, 3.63) is 0 Å². The Labute approximate surface area is 52.3 Å². The Bertz CT molecular complexity index is 57.4. The molecule has 0 saturated heterocycles. The minimum atomic E-state index is 0.405. The van der Waals surface area contributed by atoms with E-state index in [0.717, 1.165) is 6.42 Å². The van der Waals surface area contributed by atoms with Crippen molar-refractivity contribution < 1.29 is 0 Å². The fourth-order valence-corrected chi connectivity index (χ4v) is 0.515. The van der Waals surface area contributed by atoms with E-state index in [1.807, 2.05) is 0 Å². The van der Waals surface area contributed by atoms with Gasteiger partial charge in [0.15, 0.2) is 0 Å². The van der Waals surface area contributed by atoms with Crippen molar-refractivity contribution in [3.63, 3.8) is 0 Å². The summed E-state index contributed by atoms with van der Waals surface area (Å²) >= 11 is 0.